The average Bonchev–Trinajstić information content (AvgIpc) is 3.63. The molecule has 53 heavy (non-hydrogen) atoms. The zero-order valence-electron chi connectivity index (χ0n) is 27.5. The summed E-state index contributed by atoms with van der Waals surface area (Å²) in [7, 11) is -11.0. The van der Waals surface area contributed by atoms with E-state index in [2.05, 4.69) is 38.7 Å². The van der Waals surface area contributed by atoms with Crippen molar-refractivity contribution in [2.75, 3.05) is 18.9 Å². The molecule has 0 bridgehead atoms. The molecule has 0 aliphatic carbocycles. The number of H-pyrrole nitrogens is 1. The van der Waals surface area contributed by atoms with Crippen LogP contribution >= 0.6 is 27.9 Å². The first kappa shape index (κ1) is 39.0. The molecular weight excluding hydrogens is 768 g/mol. The number of aliphatic hydroxyl groups is 5. The first-order chi connectivity index (χ1) is 24.9. The quantitative estimate of drug-likeness (QED) is 0.0389. The number of fused-ring (bicyclic) bond motifs is 3. The highest BCUT2D eigenvalue weighted by Gasteiger charge is 2.46. The lowest BCUT2D eigenvalue weighted by atomic mass is 10.1. The molecule has 1 aromatic carbocycles. The summed E-state index contributed by atoms with van der Waals surface area (Å²) in [6.07, 6.45) is -9.72. The molecule has 0 amide bonds. The molecule has 3 aliphatic heterocycles. The van der Waals surface area contributed by atoms with Gasteiger partial charge in [0.15, 0.2) is 29.2 Å². The van der Waals surface area contributed by atoms with Crippen LogP contribution in [-0.2, 0) is 33.8 Å². The Morgan fingerprint density at radius 2 is 1.72 bits per heavy atom. The third-order valence-electron chi connectivity index (χ3n) is 8.40. The number of anilines is 1. The highest BCUT2D eigenvalue weighted by Crippen LogP contribution is 2.60. The number of phosphoric acid groups is 2. The maximum Gasteiger partial charge on any atom is 0.481 e. The molecular formula is C27H33N9O14P2S. The number of aromatic nitrogens is 8. The van der Waals surface area contributed by atoms with Crippen molar-refractivity contribution in [2.24, 2.45) is 0 Å². The summed E-state index contributed by atoms with van der Waals surface area (Å²) >= 11 is 5.04. The van der Waals surface area contributed by atoms with Crippen molar-refractivity contribution in [1.29, 1.82) is 0 Å². The number of nitrogens with zero attached hydrogens (tertiary/aromatic N) is 7. The summed E-state index contributed by atoms with van der Waals surface area (Å²) in [6.45, 7) is 1.01. The van der Waals surface area contributed by atoms with Crippen LogP contribution in [0.2, 0.25) is 0 Å². The number of ether oxygens (including phenoxy) is 1. The number of aromatic amines is 1. The molecule has 26 heteroatoms. The van der Waals surface area contributed by atoms with Gasteiger partial charge in [-0.2, -0.15) is 9.29 Å². The van der Waals surface area contributed by atoms with Crippen LogP contribution in [0.25, 0.3) is 33.7 Å². The number of benzene rings is 1. The summed E-state index contributed by atoms with van der Waals surface area (Å²) < 4.78 is 46.6. The Hall–Kier alpha value is -3.71. The summed E-state index contributed by atoms with van der Waals surface area (Å²) in [5, 5.41) is 53.2. The van der Waals surface area contributed by atoms with Gasteiger partial charge >= 0.3 is 15.6 Å². The predicted molar refractivity (Wildman–Crippen MR) is 181 cm³/mol. The first-order valence-electron chi connectivity index (χ1n) is 15.4. The lowest BCUT2D eigenvalue weighted by Crippen LogP contribution is -2.42. The van der Waals surface area contributed by atoms with E-state index in [4.69, 9.17) is 27.2 Å². The molecule has 0 spiro atoms. The lowest BCUT2D eigenvalue weighted by molar-refractivity contribution is -0.0794. The normalized spacial score (nSPS) is 23.3. The minimum atomic E-state index is -5.52. The third-order valence-corrected chi connectivity index (χ3v) is 11.2. The minimum Gasteiger partial charge on any atom is -0.388 e. The van der Waals surface area contributed by atoms with Gasteiger partial charge in [-0.15, -0.1) is 0 Å². The molecule has 286 valence electrons. The molecule has 23 nitrogen and oxygen atoms in total. The summed E-state index contributed by atoms with van der Waals surface area (Å²) in [4.78, 5) is 55.6. The Labute approximate surface area is 301 Å². The molecule has 1 fully saturated rings. The van der Waals surface area contributed by atoms with Crippen molar-refractivity contribution in [2.45, 2.75) is 63.2 Å². The molecule has 0 saturated carbocycles. The Morgan fingerprint density at radius 1 is 1.02 bits per heavy atom. The molecule has 5 heterocycles. The maximum absolute atomic E-state index is 12.6. The van der Waals surface area contributed by atoms with E-state index in [-0.39, 0.29) is 33.3 Å². The van der Waals surface area contributed by atoms with Crippen molar-refractivity contribution in [3.63, 3.8) is 0 Å². The molecule has 5 unspecified atom stereocenters. The van der Waals surface area contributed by atoms with Gasteiger partial charge in [0.2, 0.25) is 4.77 Å². The fourth-order valence-electron chi connectivity index (χ4n) is 5.55. The summed E-state index contributed by atoms with van der Waals surface area (Å²) in [5.41, 5.74) is 7.73. The standard InChI is InChI=1S/C27H33N9O14P2S/c1-10-3-12-13(4-11(10)2)35(24-18(32-12)25(42)34-27(53)33-24)5-14(37)19(39)15(38)6-47-51(43,44)50-52(45,46)48-7-16-20(40)21(41)26(49-16)36-9-31-17-22(28)29-8-30-23(17)36/h3-4,8-9,14-16,19-21,26,37-41H,5-7H2,1-2H3,(H,43,44)(H,45,46)(H2,28,29,30)(H,34,42,53)/t14?,15?,16-,19?,20-,21-,26-/m1/s1. The fourth-order valence-corrected chi connectivity index (χ4v) is 7.83. The minimum absolute atomic E-state index is 0.0334. The van der Waals surface area contributed by atoms with Gasteiger partial charge in [-0.05, 0) is 49.3 Å². The number of hydrogen-bond acceptors (Lipinski definition) is 19. The lowest BCUT2D eigenvalue weighted by Gasteiger charge is -2.26. The van der Waals surface area contributed by atoms with Crippen LogP contribution in [0.4, 0.5) is 5.82 Å². The number of nitrogen functional groups attached to an aromatic ring is 1. The molecule has 10 N–H and O–H groups in total. The van der Waals surface area contributed by atoms with E-state index in [1.54, 1.807) is 12.1 Å². The van der Waals surface area contributed by atoms with E-state index in [0.29, 0.717) is 11.0 Å². The number of nitrogens with two attached hydrogens (primary N) is 1. The largest absolute Gasteiger partial charge is 0.481 e. The second-order valence-corrected chi connectivity index (χ2v) is 15.5. The summed E-state index contributed by atoms with van der Waals surface area (Å²) in [5.74, 6) is 0.00227. The summed E-state index contributed by atoms with van der Waals surface area (Å²) in [6, 6.07) is 3.41. The van der Waals surface area contributed by atoms with E-state index in [0.717, 1.165) is 17.5 Å². The SMILES string of the molecule is Cc1cc2nc3c(=O)[nH]c(=S)nc-3n(CC(O)C(O)C(O)COP(=O)(O)OP(=O)(O)OC[C@H]3O[C@@H](n4cnc5c(N)ncnc54)[C@H](O)[C@@H]3O)c2cc1C. The second kappa shape index (κ2) is 14.8. The van der Waals surface area contributed by atoms with Gasteiger partial charge in [-0.3, -0.25) is 23.4 Å². The van der Waals surface area contributed by atoms with Gasteiger partial charge < -0.3 is 50.4 Å². The maximum atomic E-state index is 12.6. The van der Waals surface area contributed by atoms with Crippen LogP contribution in [0.1, 0.15) is 17.4 Å². The molecule has 6 rings (SSSR count). The van der Waals surface area contributed by atoms with Gasteiger partial charge in [-0.25, -0.2) is 29.1 Å². The Balaban J connectivity index is 1.07. The van der Waals surface area contributed by atoms with Crippen molar-refractivity contribution >= 4 is 55.9 Å². The first-order valence-corrected chi connectivity index (χ1v) is 18.8. The number of nitrogens with one attached hydrogen (secondary N) is 1. The third kappa shape index (κ3) is 8.06. The van der Waals surface area contributed by atoms with Crippen LogP contribution in [0.3, 0.4) is 0 Å². The van der Waals surface area contributed by atoms with E-state index in [9.17, 15) is 49.2 Å². The smallest absolute Gasteiger partial charge is 0.388 e. The highest BCUT2D eigenvalue weighted by atomic mass is 32.1. The highest BCUT2D eigenvalue weighted by molar-refractivity contribution is 7.71. The van der Waals surface area contributed by atoms with Gasteiger partial charge in [-0.1, -0.05) is 0 Å². The van der Waals surface area contributed by atoms with E-state index >= 15 is 0 Å². The number of rotatable bonds is 13. The molecule has 2 aromatic heterocycles. The van der Waals surface area contributed by atoms with Gasteiger partial charge in [0.05, 0.1) is 37.1 Å². The number of aliphatic hydroxyl groups excluding tert-OH is 5. The van der Waals surface area contributed by atoms with Crippen molar-refractivity contribution in [1.82, 2.24) is 39.0 Å². The molecule has 3 aliphatic rings. The molecule has 9 atom stereocenters. The van der Waals surface area contributed by atoms with Gasteiger partial charge in [0.1, 0.15) is 48.5 Å². The van der Waals surface area contributed by atoms with Crippen LogP contribution < -0.4 is 11.3 Å². The number of hydrogen-bond donors (Lipinski definition) is 9. The number of phosphoric ester groups is 2. The Morgan fingerprint density at radius 3 is 2.45 bits per heavy atom. The monoisotopic (exact) mass is 801 g/mol. The predicted octanol–water partition coefficient (Wildman–Crippen LogP) is -1.05. The molecule has 3 aromatic rings. The molecule has 0 radical (unpaired) electrons. The number of imidazole rings is 1. The van der Waals surface area contributed by atoms with Crippen molar-refractivity contribution < 1.29 is 62.5 Å². The average molecular weight is 802 g/mol. The van der Waals surface area contributed by atoms with Crippen LogP contribution in [-0.4, -0.2) is 124 Å². The van der Waals surface area contributed by atoms with Gasteiger partial charge in [0, 0.05) is 0 Å². The van der Waals surface area contributed by atoms with Crippen molar-refractivity contribution in [3.05, 3.63) is 51.0 Å². The Kier molecular flexibility index (Phi) is 10.9. The Bertz CT molecular complexity index is 2360. The van der Waals surface area contributed by atoms with E-state index in [1.807, 2.05) is 13.8 Å². The van der Waals surface area contributed by atoms with Crippen LogP contribution in [0.5, 0.6) is 0 Å². The topological polar surface area (TPSA) is 346 Å². The van der Waals surface area contributed by atoms with Gasteiger partial charge in [0.25, 0.3) is 5.56 Å². The van der Waals surface area contributed by atoms with E-state index in [1.165, 1.54) is 15.5 Å². The zero-order chi connectivity index (χ0) is 38.6. The number of aryl methyl sites for hydroxylation is 2. The molecule has 1 saturated heterocycles. The van der Waals surface area contributed by atoms with Crippen LogP contribution in [0, 0.1) is 18.6 Å². The van der Waals surface area contributed by atoms with Crippen molar-refractivity contribution in [3.8, 4) is 11.5 Å². The van der Waals surface area contributed by atoms with E-state index < -0.39 is 83.8 Å². The zero-order valence-corrected chi connectivity index (χ0v) is 30.1. The van der Waals surface area contributed by atoms with Crippen LogP contribution in [0.15, 0.2) is 29.6 Å². The second-order valence-electron chi connectivity index (χ2n) is 12.1. The fraction of sp³-hybridized carbons (Fsp3) is 0.444.